The lowest BCUT2D eigenvalue weighted by Crippen LogP contribution is -2.42. The van der Waals surface area contributed by atoms with Crippen molar-refractivity contribution in [3.8, 4) is 0 Å². The van der Waals surface area contributed by atoms with Crippen LogP contribution in [0.1, 0.15) is 16.1 Å². The molecule has 3 heteroatoms. The molecule has 1 aromatic heterocycles. The summed E-state index contributed by atoms with van der Waals surface area (Å²) >= 11 is 0. The Hall–Kier alpha value is -2.55. The third-order valence-electron chi connectivity index (χ3n) is 3.32. The number of nitrogens with zero attached hydrogens (tertiary/aromatic N) is 2. The van der Waals surface area contributed by atoms with E-state index in [9.17, 15) is 4.79 Å². The number of aromatic nitrogens is 2. The van der Waals surface area contributed by atoms with Crippen LogP contribution in [0.3, 0.4) is 0 Å². The fourth-order valence-corrected chi connectivity index (χ4v) is 2.32. The van der Waals surface area contributed by atoms with Crippen molar-refractivity contribution >= 4 is 16.6 Å². The van der Waals surface area contributed by atoms with Crippen LogP contribution in [-0.4, -0.2) is 10.9 Å². The van der Waals surface area contributed by atoms with E-state index in [1.165, 1.54) is 0 Å². The minimum atomic E-state index is 0.0674. The average Bonchev–Trinajstić information content (AvgIpc) is 2.48. The Morgan fingerprint density at radius 1 is 1.05 bits per heavy atom. The molecular formula is C17H15N2O+. The first kappa shape index (κ1) is 12.5. The summed E-state index contributed by atoms with van der Waals surface area (Å²) < 4.78 is 1.72. The highest BCUT2D eigenvalue weighted by Gasteiger charge is 2.15. The molecule has 1 heterocycles. The van der Waals surface area contributed by atoms with Crippen LogP contribution < -0.4 is 4.68 Å². The molecule has 0 bridgehead atoms. The van der Waals surface area contributed by atoms with Crippen LogP contribution in [0.25, 0.3) is 10.8 Å². The van der Waals surface area contributed by atoms with Crippen LogP contribution in [0.5, 0.6) is 0 Å². The predicted molar refractivity (Wildman–Crippen MR) is 77.4 cm³/mol. The molecule has 0 atom stereocenters. The van der Waals surface area contributed by atoms with E-state index in [1.54, 1.807) is 4.68 Å². The highest BCUT2D eigenvalue weighted by molar-refractivity contribution is 5.95. The van der Waals surface area contributed by atoms with Crippen molar-refractivity contribution in [1.82, 2.24) is 5.10 Å². The lowest BCUT2D eigenvalue weighted by atomic mass is 10.1. The molecule has 0 saturated heterocycles. The van der Waals surface area contributed by atoms with Crippen molar-refractivity contribution in [1.29, 1.82) is 0 Å². The van der Waals surface area contributed by atoms with E-state index in [4.69, 9.17) is 0 Å². The summed E-state index contributed by atoms with van der Waals surface area (Å²) in [5.41, 5.74) is 1.65. The molecule has 3 nitrogen and oxygen atoms in total. The number of hydrogen-bond donors (Lipinski definition) is 0. The second-order valence-electron chi connectivity index (χ2n) is 4.79. The summed E-state index contributed by atoms with van der Waals surface area (Å²) in [5.74, 6) is 0.0674. The van der Waals surface area contributed by atoms with Crippen molar-refractivity contribution in [2.24, 2.45) is 0 Å². The molecule has 0 amide bonds. The van der Waals surface area contributed by atoms with Gasteiger partial charge < -0.3 is 0 Å². The minimum absolute atomic E-state index is 0.0674. The molecule has 0 aliphatic rings. The van der Waals surface area contributed by atoms with Gasteiger partial charge in [-0.15, -0.1) is 0 Å². The number of aryl methyl sites for hydroxylation is 1. The maximum atomic E-state index is 12.2. The van der Waals surface area contributed by atoms with Gasteiger partial charge in [0.25, 0.3) is 0 Å². The van der Waals surface area contributed by atoms with Crippen molar-refractivity contribution in [3.63, 3.8) is 0 Å². The Balaban J connectivity index is 1.94. The van der Waals surface area contributed by atoms with Crippen molar-refractivity contribution in [3.05, 3.63) is 72.1 Å². The lowest BCUT2D eigenvalue weighted by molar-refractivity contribution is -0.740. The number of ketones is 1. The Kier molecular flexibility index (Phi) is 3.25. The molecule has 98 valence electrons. The number of rotatable bonds is 3. The number of Topliss-reactive ketones (excluding diaryl/α,β-unsaturated/α-hetero) is 1. The fraction of sp³-hybridized carbons (Fsp3) is 0.118. The fourth-order valence-electron chi connectivity index (χ4n) is 2.32. The van der Waals surface area contributed by atoms with E-state index >= 15 is 0 Å². The van der Waals surface area contributed by atoms with Gasteiger partial charge in [-0.3, -0.25) is 4.79 Å². The Bertz CT molecular complexity index is 766. The third kappa shape index (κ3) is 2.43. The van der Waals surface area contributed by atoms with E-state index in [1.807, 2.05) is 67.7 Å². The van der Waals surface area contributed by atoms with Gasteiger partial charge in [-0.2, -0.15) is 0 Å². The van der Waals surface area contributed by atoms with Crippen LogP contribution in [0, 0.1) is 6.92 Å². The van der Waals surface area contributed by atoms with Crippen LogP contribution >= 0.6 is 0 Å². The molecule has 0 aliphatic carbocycles. The van der Waals surface area contributed by atoms with Gasteiger partial charge in [-0.25, -0.2) is 0 Å². The number of fused-ring (bicyclic) bond motifs is 1. The first-order valence-electron chi connectivity index (χ1n) is 6.58. The van der Waals surface area contributed by atoms with E-state index in [2.05, 4.69) is 5.10 Å². The Labute approximate surface area is 117 Å². The molecule has 0 unspecified atom stereocenters. The third-order valence-corrected chi connectivity index (χ3v) is 3.32. The molecule has 0 saturated carbocycles. The molecule has 0 radical (unpaired) electrons. The molecule has 2 aromatic carbocycles. The van der Waals surface area contributed by atoms with Crippen LogP contribution in [0.4, 0.5) is 0 Å². The topological polar surface area (TPSA) is 33.8 Å². The molecule has 20 heavy (non-hydrogen) atoms. The molecule has 0 fully saturated rings. The van der Waals surface area contributed by atoms with E-state index in [-0.39, 0.29) is 12.3 Å². The maximum Gasteiger partial charge on any atom is 0.236 e. The summed E-state index contributed by atoms with van der Waals surface area (Å²) in [7, 11) is 0. The first-order chi connectivity index (χ1) is 9.74. The van der Waals surface area contributed by atoms with Crippen molar-refractivity contribution in [2.45, 2.75) is 13.5 Å². The predicted octanol–water partition coefficient (Wildman–Crippen LogP) is 2.71. The van der Waals surface area contributed by atoms with Gasteiger partial charge in [0.1, 0.15) is 5.69 Å². The summed E-state index contributed by atoms with van der Waals surface area (Å²) in [6.07, 6.45) is 1.92. The monoisotopic (exact) mass is 263 g/mol. The first-order valence-corrected chi connectivity index (χ1v) is 6.58. The number of carbonyl (C=O) groups is 1. The summed E-state index contributed by atoms with van der Waals surface area (Å²) in [4.78, 5) is 12.2. The van der Waals surface area contributed by atoms with Gasteiger partial charge >= 0.3 is 0 Å². The number of carbonyl (C=O) groups excluding carboxylic acids is 1. The van der Waals surface area contributed by atoms with Crippen LogP contribution in [0.2, 0.25) is 0 Å². The highest BCUT2D eigenvalue weighted by Crippen LogP contribution is 2.13. The van der Waals surface area contributed by atoms with Gasteiger partial charge in [0.15, 0.2) is 0 Å². The standard InChI is InChI=1S/C17H15N2O/c1-13-16-10-6-5-9-15(16)11-19(18-13)12-17(20)14-7-3-2-4-8-14/h2-11H,12H2,1H3/q+1. The zero-order valence-corrected chi connectivity index (χ0v) is 11.3. The normalized spacial score (nSPS) is 10.7. The van der Waals surface area contributed by atoms with E-state index in [0.29, 0.717) is 5.56 Å². The zero-order chi connectivity index (χ0) is 13.9. The largest absolute Gasteiger partial charge is 0.287 e. The van der Waals surface area contributed by atoms with Crippen molar-refractivity contribution in [2.75, 3.05) is 0 Å². The van der Waals surface area contributed by atoms with Crippen LogP contribution in [-0.2, 0) is 6.54 Å². The molecule has 0 aliphatic heterocycles. The Morgan fingerprint density at radius 3 is 2.55 bits per heavy atom. The van der Waals surface area contributed by atoms with Crippen molar-refractivity contribution < 1.29 is 9.48 Å². The zero-order valence-electron chi connectivity index (χ0n) is 11.3. The average molecular weight is 263 g/mol. The quantitative estimate of drug-likeness (QED) is 0.538. The van der Waals surface area contributed by atoms with Gasteiger partial charge in [0, 0.05) is 16.3 Å². The SMILES string of the molecule is Cc1n[n+](CC(=O)c2ccccc2)cc2ccccc12. The number of benzene rings is 2. The molecule has 0 N–H and O–H groups in total. The summed E-state index contributed by atoms with van der Waals surface area (Å²) in [6.45, 7) is 2.22. The van der Waals surface area contributed by atoms with Crippen LogP contribution in [0.15, 0.2) is 60.8 Å². The summed E-state index contributed by atoms with van der Waals surface area (Å²) in [5, 5.41) is 6.68. The van der Waals surface area contributed by atoms with Gasteiger partial charge in [0.2, 0.25) is 18.5 Å². The maximum absolute atomic E-state index is 12.2. The highest BCUT2D eigenvalue weighted by atomic mass is 16.1. The second-order valence-corrected chi connectivity index (χ2v) is 4.79. The van der Waals surface area contributed by atoms with Gasteiger partial charge in [-0.05, 0) is 18.1 Å². The molecular weight excluding hydrogens is 248 g/mol. The van der Waals surface area contributed by atoms with Gasteiger partial charge in [-0.1, -0.05) is 53.2 Å². The molecule has 3 aromatic rings. The molecule has 3 rings (SSSR count). The van der Waals surface area contributed by atoms with E-state index in [0.717, 1.165) is 16.5 Å². The summed E-state index contributed by atoms with van der Waals surface area (Å²) in [6, 6.07) is 17.4. The van der Waals surface area contributed by atoms with E-state index < -0.39 is 0 Å². The second kappa shape index (κ2) is 5.21. The number of hydrogen-bond acceptors (Lipinski definition) is 2. The Morgan fingerprint density at radius 2 is 1.75 bits per heavy atom. The molecule has 0 spiro atoms. The van der Waals surface area contributed by atoms with Gasteiger partial charge in [0.05, 0.1) is 0 Å². The lowest BCUT2D eigenvalue weighted by Gasteiger charge is -2.00. The smallest absolute Gasteiger partial charge is 0.236 e. The minimum Gasteiger partial charge on any atom is -0.287 e.